The van der Waals surface area contributed by atoms with Crippen LogP contribution < -0.4 is 9.47 Å². The molecule has 0 unspecified atom stereocenters. The Labute approximate surface area is 195 Å². The summed E-state index contributed by atoms with van der Waals surface area (Å²) < 4.78 is 16.3. The Balaban J connectivity index is 1.67. The van der Waals surface area contributed by atoms with Crippen molar-refractivity contribution in [1.82, 2.24) is 4.90 Å². The van der Waals surface area contributed by atoms with Crippen molar-refractivity contribution >= 4 is 11.9 Å². The van der Waals surface area contributed by atoms with Crippen LogP contribution in [0.2, 0.25) is 0 Å². The standard InChI is InChI=1S/C26H33NO6/c1-18(2)32-24(29)25(3,4)33-22-8-6-7-20(17-22)26(30)13-15-27(16-14-26)23(28)19-9-11-21(31-5)12-10-19/h6-12,17-18,30H,13-16H2,1-5H3. The third-order valence-corrected chi connectivity index (χ3v) is 5.79. The van der Waals surface area contributed by atoms with Crippen LogP contribution in [0.1, 0.15) is 56.5 Å². The number of hydrogen-bond acceptors (Lipinski definition) is 6. The summed E-state index contributed by atoms with van der Waals surface area (Å²) in [6.45, 7) is 7.74. The monoisotopic (exact) mass is 455 g/mol. The zero-order valence-corrected chi connectivity index (χ0v) is 20.0. The number of carbonyl (C=O) groups is 2. The minimum atomic E-state index is -1.17. The summed E-state index contributed by atoms with van der Waals surface area (Å²) in [5.41, 5.74) is -0.963. The molecular formula is C26H33NO6. The van der Waals surface area contributed by atoms with Gasteiger partial charge >= 0.3 is 5.97 Å². The highest BCUT2D eigenvalue weighted by Gasteiger charge is 2.37. The van der Waals surface area contributed by atoms with Gasteiger partial charge in [0.25, 0.3) is 5.91 Å². The van der Waals surface area contributed by atoms with Gasteiger partial charge in [0.1, 0.15) is 11.5 Å². The summed E-state index contributed by atoms with van der Waals surface area (Å²) in [6, 6.07) is 14.2. The Morgan fingerprint density at radius 1 is 1.03 bits per heavy atom. The molecule has 3 rings (SSSR count). The van der Waals surface area contributed by atoms with Gasteiger partial charge in [0, 0.05) is 18.7 Å². The second kappa shape index (κ2) is 9.83. The second-order valence-electron chi connectivity index (χ2n) is 9.15. The molecule has 0 aliphatic carbocycles. The van der Waals surface area contributed by atoms with E-state index in [4.69, 9.17) is 14.2 Å². The molecule has 1 aliphatic rings. The third kappa shape index (κ3) is 5.85. The van der Waals surface area contributed by atoms with E-state index in [1.54, 1.807) is 82.2 Å². The number of piperidine rings is 1. The summed E-state index contributed by atoms with van der Waals surface area (Å²) in [6.07, 6.45) is 0.562. The summed E-state index contributed by atoms with van der Waals surface area (Å²) >= 11 is 0. The van der Waals surface area contributed by atoms with Crippen molar-refractivity contribution in [1.29, 1.82) is 0 Å². The average molecular weight is 456 g/mol. The largest absolute Gasteiger partial charge is 0.497 e. The molecule has 0 radical (unpaired) electrons. The Kier molecular flexibility index (Phi) is 7.32. The minimum absolute atomic E-state index is 0.0674. The number of likely N-dealkylation sites (tertiary alicyclic amines) is 1. The normalized spacial score (nSPS) is 15.8. The number of benzene rings is 2. The molecule has 1 heterocycles. The fourth-order valence-corrected chi connectivity index (χ4v) is 3.83. The van der Waals surface area contributed by atoms with Crippen LogP contribution in [0.25, 0.3) is 0 Å². The summed E-state index contributed by atoms with van der Waals surface area (Å²) in [4.78, 5) is 26.9. The van der Waals surface area contributed by atoms with Gasteiger partial charge in [-0.3, -0.25) is 4.79 Å². The van der Waals surface area contributed by atoms with Crippen LogP contribution in [0.4, 0.5) is 0 Å². The van der Waals surface area contributed by atoms with Crippen molar-refractivity contribution in [2.75, 3.05) is 20.2 Å². The van der Waals surface area contributed by atoms with E-state index in [0.29, 0.717) is 48.6 Å². The molecule has 2 aromatic rings. The van der Waals surface area contributed by atoms with Crippen LogP contribution in [0.3, 0.4) is 0 Å². The molecule has 0 atom stereocenters. The highest BCUT2D eigenvalue weighted by atomic mass is 16.6. The van der Waals surface area contributed by atoms with Gasteiger partial charge in [0.05, 0.1) is 18.8 Å². The topological polar surface area (TPSA) is 85.3 Å². The van der Waals surface area contributed by atoms with Crippen molar-refractivity contribution in [2.24, 2.45) is 0 Å². The first-order valence-corrected chi connectivity index (χ1v) is 11.2. The molecule has 1 fully saturated rings. The molecule has 0 aromatic heterocycles. The number of rotatable bonds is 7. The van der Waals surface area contributed by atoms with Crippen molar-refractivity contribution < 1.29 is 28.9 Å². The molecule has 7 heteroatoms. The molecule has 0 spiro atoms. The lowest BCUT2D eigenvalue weighted by atomic mass is 9.84. The molecule has 1 amide bonds. The Bertz CT molecular complexity index is 975. The van der Waals surface area contributed by atoms with Gasteiger partial charge in [-0.15, -0.1) is 0 Å². The van der Waals surface area contributed by atoms with Crippen LogP contribution in [-0.4, -0.2) is 53.8 Å². The first-order chi connectivity index (χ1) is 15.5. The predicted octanol–water partition coefficient (Wildman–Crippen LogP) is 3.93. The molecule has 0 saturated carbocycles. The maximum Gasteiger partial charge on any atom is 0.350 e. The molecule has 0 bridgehead atoms. The van der Waals surface area contributed by atoms with E-state index in [-0.39, 0.29) is 12.0 Å². The minimum Gasteiger partial charge on any atom is -0.497 e. The van der Waals surface area contributed by atoms with Crippen molar-refractivity contribution in [3.8, 4) is 11.5 Å². The Hall–Kier alpha value is -3.06. The number of carbonyl (C=O) groups excluding carboxylic acids is 2. The summed E-state index contributed by atoms with van der Waals surface area (Å²) in [5, 5.41) is 11.3. The van der Waals surface area contributed by atoms with Gasteiger partial charge in [0.15, 0.2) is 5.60 Å². The van der Waals surface area contributed by atoms with Crippen LogP contribution in [0.15, 0.2) is 48.5 Å². The van der Waals surface area contributed by atoms with E-state index in [2.05, 4.69) is 0 Å². The number of nitrogens with zero attached hydrogens (tertiary/aromatic N) is 1. The van der Waals surface area contributed by atoms with Gasteiger partial charge in [-0.05, 0) is 82.5 Å². The van der Waals surface area contributed by atoms with Crippen LogP contribution in [-0.2, 0) is 15.1 Å². The number of ether oxygens (including phenoxy) is 3. The molecule has 33 heavy (non-hydrogen) atoms. The van der Waals surface area contributed by atoms with E-state index in [1.165, 1.54) is 0 Å². The van der Waals surface area contributed by atoms with Gasteiger partial charge in [-0.1, -0.05) is 12.1 Å². The average Bonchev–Trinajstić information content (AvgIpc) is 2.78. The van der Waals surface area contributed by atoms with Crippen molar-refractivity contribution in [3.63, 3.8) is 0 Å². The van der Waals surface area contributed by atoms with E-state index in [1.807, 2.05) is 6.07 Å². The summed E-state index contributed by atoms with van der Waals surface area (Å²) in [7, 11) is 1.58. The number of aliphatic hydroxyl groups is 1. The van der Waals surface area contributed by atoms with Crippen molar-refractivity contribution in [3.05, 3.63) is 59.7 Å². The van der Waals surface area contributed by atoms with Crippen LogP contribution in [0, 0.1) is 0 Å². The van der Waals surface area contributed by atoms with Crippen LogP contribution >= 0.6 is 0 Å². The first-order valence-electron chi connectivity index (χ1n) is 11.2. The van der Waals surface area contributed by atoms with Gasteiger partial charge in [-0.25, -0.2) is 4.79 Å². The second-order valence-corrected chi connectivity index (χ2v) is 9.15. The number of amides is 1. The molecule has 178 valence electrons. The summed E-state index contributed by atoms with van der Waals surface area (Å²) in [5.74, 6) is 0.653. The van der Waals surface area contributed by atoms with Gasteiger partial charge in [0.2, 0.25) is 0 Å². The zero-order chi connectivity index (χ0) is 24.2. The lowest BCUT2D eigenvalue weighted by Gasteiger charge is -2.39. The number of methoxy groups -OCH3 is 1. The smallest absolute Gasteiger partial charge is 0.350 e. The quantitative estimate of drug-likeness (QED) is 0.637. The predicted molar refractivity (Wildman–Crippen MR) is 124 cm³/mol. The molecule has 7 nitrogen and oxygen atoms in total. The molecule has 1 saturated heterocycles. The molecule has 1 N–H and O–H groups in total. The van der Waals surface area contributed by atoms with Gasteiger partial charge < -0.3 is 24.2 Å². The zero-order valence-electron chi connectivity index (χ0n) is 20.0. The van der Waals surface area contributed by atoms with E-state index < -0.39 is 17.2 Å². The molecular weight excluding hydrogens is 422 g/mol. The fourth-order valence-electron chi connectivity index (χ4n) is 3.83. The van der Waals surface area contributed by atoms with Crippen molar-refractivity contribution in [2.45, 2.75) is 57.8 Å². The highest BCUT2D eigenvalue weighted by molar-refractivity contribution is 5.94. The van der Waals surface area contributed by atoms with Crippen LogP contribution in [0.5, 0.6) is 11.5 Å². The molecule has 2 aromatic carbocycles. The fraction of sp³-hybridized carbons (Fsp3) is 0.462. The van der Waals surface area contributed by atoms with E-state index in [0.717, 1.165) is 0 Å². The van der Waals surface area contributed by atoms with Gasteiger partial charge in [-0.2, -0.15) is 0 Å². The van der Waals surface area contributed by atoms with E-state index >= 15 is 0 Å². The maximum absolute atomic E-state index is 12.8. The SMILES string of the molecule is COc1ccc(C(=O)N2CCC(O)(c3cccc(OC(C)(C)C(=O)OC(C)C)c3)CC2)cc1. The Morgan fingerprint density at radius 3 is 2.24 bits per heavy atom. The van der Waals surface area contributed by atoms with E-state index in [9.17, 15) is 14.7 Å². The highest BCUT2D eigenvalue weighted by Crippen LogP contribution is 2.35. The number of esters is 1. The number of hydrogen-bond donors (Lipinski definition) is 1. The lowest BCUT2D eigenvalue weighted by Crippen LogP contribution is -2.45. The maximum atomic E-state index is 12.8. The third-order valence-electron chi connectivity index (χ3n) is 5.79. The Morgan fingerprint density at radius 2 is 1.67 bits per heavy atom. The first kappa shape index (κ1) is 24.6. The lowest BCUT2D eigenvalue weighted by molar-refractivity contribution is -0.163. The molecule has 1 aliphatic heterocycles.